The van der Waals surface area contributed by atoms with Gasteiger partial charge in [0.25, 0.3) is 5.91 Å². The summed E-state index contributed by atoms with van der Waals surface area (Å²) in [6, 6.07) is 15.1. The van der Waals surface area contributed by atoms with Crippen molar-refractivity contribution in [3.8, 4) is 0 Å². The van der Waals surface area contributed by atoms with Crippen LogP contribution in [0, 0.1) is 0 Å². The monoisotopic (exact) mass is 392 g/mol. The Kier molecular flexibility index (Phi) is 6.91. The van der Waals surface area contributed by atoms with Crippen LogP contribution in [0.1, 0.15) is 47.5 Å². The van der Waals surface area contributed by atoms with Crippen molar-refractivity contribution in [2.45, 2.75) is 37.6 Å². The van der Waals surface area contributed by atoms with Gasteiger partial charge >= 0.3 is 0 Å². The van der Waals surface area contributed by atoms with Crippen LogP contribution in [0.15, 0.2) is 54.9 Å². The van der Waals surface area contributed by atoms with Gasteiger partial charge < -0.3 is 15.1 Å². The van der Waals surface area contributed by atoms with Gasteiger partial charge in [0.05, 0.1) is 0 Å². The van der Waals surface area contributed by atoms with Gasteiger partial charge in [-0.3, -0.25) is 9.78 Å². The molecule has 2 fully saturated rings. The van der Waals surface area contributed by atoms with E-state index in [4.69, 9.17) is 0 Å². The number of amides is 1. The van der Waals surface area contributed by atoms with Crippen molar-refractivity contribution >= 4 is 5.91 Å². The van der Waals surface area contributed by atoms with Crippen LogP contribution in [0.2, 0.25) is 0 Å². The van der Waals surface area contributed by atoms with E-state index in [2.05, 4.69) is 45.5 Å². The van der Waals surface area contributed by atoms with E-state index >= 15 is 0 Å². The molecule has 0 aliphatic carbocycles. The quantitative estimate of drug-likeness (QED) is 0.820. The molecule has 1 aromatic heterocycles. The lowest BCUT2D eigenvalue weighted by Gasteiger charge is -2.34. The van der Waals surface area contributed by atoms with Gasteiger partial charge in [0.15, 0.2) is 0 Å². The molecule has 2 saturated heterocycles. The molecule has 0 bridgehead atoms. The van der Waals surface area contributed by atoms with Crippen molar-refractivity contribution in [1.82, 2.24) is 20.1 Å². The first-order valence-corrected chi connectivity index (χ1v) is 11.0. The SMILES string of the molecule is O=C(c1ccncc1)N1CCC(NCCN2CCC(c3ccccc3)CC2)CC1. The van der Waals surface area contributed by atoms with Crippen LogP contribution in [0.4, 0.5) is 0 Å². The summed E-state index contributed by atoms with van der Waals surface area (Å²) in [6.07, 6.45) is 7.97. The van der Waals surface area contributed by atoms with Gasteiger partial charge in [-0.15, -0.1) is 0 Å². The molecule has 2 aliphatic heterocycles. The zero-order valence-electron chi connectivity index (χ0n) is 17.2. The minimum Gasteiger partial charge on any atom is -0.339 e. The molecule has 4 rings (SSSR count). The topological polar surface area (TPSA) is 48.5 Å². The maximum atomic E-state index is 12.5. The Morgan fingerprint density at radius 2 is 1.62 bits per heavy atom. The predicted octanol–water partition coefficient (Wildman–Crippen LogP) is 3.16. The van der Waals surface area contributed by atoms with Crippen LogP contribution >= 0.6 is 0 Å². The Morgan fingerprint density at radius 3 is 2.31 bits per heavy atom. The lowest BCUT2D eigenvalue weighted by molar-refractivity contribution is 0.0704. The molecule has 0 atom stereocenters. The second kappa shape index (κ2) is 9.99. The van der Waals surface area contributed by atoms with Crippen molar-refractivity contribution in [1.29, 1.82) is 0 Å². The molecule has 3 heterocycles. The lowest BCUT2D eigenvalue weighted by atomic mass is 9.89. The molecule has 29 heavy (non-hydrogen) atoms. The van der Waals surface area contributed by atoms with Crippen LogP contribution in [-0.4, -0.2) is 66.0 Å². The van der Waals surface area contributed by atoms with Gasteiger partial charge in [0, 0.05) is 50.2 Å². The summed E-state index contributed by atoms with van der Waals surface area (Å²) in [5.74, 6) is 0.856. The van der Waals surface area contributed by atoms with Crippen molar-refractivity contribution in [3.05, 3.63) is 66.0 Å². The maximum absolute atomic E-state index is 12.5. The zero-order chi connectivity index (χ0) is 19.9. The van der Waals surface area contributed by atoms with E-state index in [1.165, 1.54) is 31.5 Å². The van der Waals surface area contributed by atoms with Gasteiger partial charge in [-0.1, -0.05) is 30.3 Å². The Labute approximate surface area is 174 Å². The summed E-state index contributed by atoms with van der Waals surface area (Å²) >= 11 is 0. The number of likely N-dealkylation sites (tertiary alicyclic amines) is 2. The second-order valence-corrected chi connectivity index (χ2v) is 8.28. The molecule has 2 aromatic rings. The molecule has 5 nitrogen and oxygen atoms in total. The van der Waals surface area contributed by atoms with Crippen molar-refractivity contribution < 1.29 is 4.79 Å². The van der Waals surface area contributed by atoms with Gasteiger partial charge in [-0.2, -0.15) is 0 Å². The highest BCUT2D eigenvalue weighted by Gasteiger charge is 2.24. The smallest absolute Gasteiger partial charge is 0.253 e. The minimum atomic E-state index is 0.132. The number of rotatable bonds is 6. The number of carbonyl (C=O) groups is 1. The van der Waals surface area contributed by atoms with Gasteiger partial charge in [0.2, 0.25) is 0 Å². The van der Waals surface area contributed by atoms with E-state index < -0.39 is 0 Å². The Morgan fingerprint density at radius 1 is 0.931 bits per heavy atom. The van der Waals surface area contributed by atoms with E-state index in [1.54, 1.807) is 24.5 Å². The van der Waals surface area contributed by atoms with Gasteiger partial charge in [-0.25, -0.2) is 0 Å². The molecule has 1 amide bonds. The molecular formula is C24H32N4O. The number of hydrogen-bond donors (Lipinski definition) is 1. The molecule has 1 N–H and O–H groups in total. The zero-order valence-corrected chi connectivity index (χ0v) is 17.2. The molecule has 154 valence electrons. The summed E-state index contributed by atoms with van der Waals surface area (Å²) in [5, 5.41) is 3.72. The highest BCUT2D eigenvalue weighted by molar-refractivity contribution is 5.94. The van der Waals surface area contributed by atoms with Crippen LogP contribution in [-0.2, 0) is 0 Å². The molecule has 0 saturated carbocycles. The van der Waals surface area contributed by atoms with Gasteiger partial charge in [0.1, 0.15) is 0 Å². The maximum Gasteiger partial charge on any atom is 0.253 e. The summed E-state index contributed by atoms with van der Waals surface area (Å²) in [4.78, 5) is 21.1. The number of aromatic nitrogens is 1. The molecular weight excluding hydrogens is 360 g/mol. The molecule has 1 aromatic carbocycles. The first kappa shape index (κ1) is 20.0. The number of nitrogens with zero attached hydrogens (tertiary/aromatic N) is 3. The predicted molar refractivity (Wildman–Crippen MR) is 116 cm³/mol. The van der Waals surface area contributed by atoms with Crippen LogP contribution in [0.3, 0.4) is 0 Å². The van der Waals surface area contributed by atoms with E-state index in [0.717, 1.165) is 50.5 Å². The first-order chi connectivity index (χ1) is 14.3. The van der Waals surface area contributed by atoms with Crippen LogP contribution in [0.25, 0.3) is 0 Å². The van der Waals surface area contributed by atoms with E-state index in [1.807, 2.05) is 4.90 Å². The molecule has 0 radical (unpaired) electrons. The fourth-order valence-electron chi connectivity index (χ4n) is 4.61. The lowest BCUT2D eigenvalue weighted by Crippen LogP contribution is -2.47. The Hall–Kier alpha value is -2.24. The van der Waals surface area contributed by atoms with Crippen LogP contribution < -0.4 is 5.32 Å². The molecule has 0 spiro atoms. The average molecular weight is 393 g/mol. The number of nitrogens with one attached hydrogen (secondary N) is 1. The number of carbonyl (C=O) groups excluding carboxylic acids is 1. The highest BCUT2D eigenvalue weighted by atomic mass is 16.2. The standard InChI is InChI=1S/C24H32N4O/c29-24(22-6-12-25-13-7-22)28-17-10-23(11-18-28)26-14-19-27-15-8-21(9-16-27)20-4-2-1-3-5-20/h1-7,12-13,21,23,26H,8-11,14-19H2. The summed E-state index contributed by atoms with van der Waals surface area (Å²) in [7, 11) is 0. The molecule has 0 unspecified atom stereocenters. The number of piperidine rings is 2. The third-order valence-corrected chi connectivity index (χ3v) is 6.43. The highest BCUT2D eigenvalue weighted by Crippen LogP contribution is 2.27. The third kappa shape index (κ3) is 5.43. The third-order valence-electron chi connectivity index (χ3n) is 6.43. The van der Waals surface area contributed by atoms with Crippen molar-refractivity contribution in [2.75, 3.05) is 39.3 Å². The second-order valence-electron chi connectivity index (χ2n) is 8.28. The van der Waals surface area contributed by atoms with Crippen molar-refractivity contribution in [3.63, 3.8) is 0 Å². The summed E-state index contributed by atoms with van der Waals surface area (Å²) in [6.45, 7) is 6.22. The average Bonchev–Trinajstić information content (AvgIpc) is 2.81. The number of benzene rings is 1. The molecule has 5 heteroatoms. The fourth-order valence-corrected chi connectivity index (χ4v) is 4.61. The number of hydrogen-bond acceptors (Lipinski definition) is 4. The van der Waals surface area contributed by atoms with Crippen LogP contribution in [0.5, 0.6) is 0 Å². The molecule has 2 aliphatic rings. The summed E-state index contributed by atoms with van der Waals surface area (Å²) < 4.78 is 0. The first-order valence-electron chi connectivity index (χ1n) is 11.0. The normalized spacial score (nSPS) is 19.4. The summed E-state index contributed by atoms with van der Waals surface area (Å²) in [5.41, 5.74) is 2.24. The van der Waals surface area contributed by atoms with Crippen molar-refractivity contribution in [2.24, 2.45) is 0 Å². The number of pyridine rings is 1. The minimum absolute atomic E-state index is 0.132. The van der Waals surface area contributed by atoms with Gasteiger partial charge in [-0.05, 0) is 62.4 Å². The van der Waals surface area contributed by atoms with E-state index in [-0.39, 0.29) is 5.91 Å². The largest absolute Gasteiger partial charge is 0.339 e. The Balaban J connectivity index is 1.13. The Bertz CT molecular complexity index is 751. The fraction of sp³-hybridized carbons (Fsp3) is 0.500. The van der Waals surface area contributed by atoms with E-state index in [0.29, 0.717) is 6.04 Å². The van der Waals surface area contributed by atoms with E-state index in [9.17, 15) is 4.79 Å².